The van der Waals surface area contributed by atoms with E-state index in [1.54, 1.807) is 20.4 Å². The summed E-state index contributed by atoms with van der Waals surface area (Å²) in [5, 5.41) is 10.6. The predicted molar refractivity (Wildman–Crippen MR) is 87.9 cm³/mol. The van der Waals surface area contributed by atoms with Gasteiger partial charge in [0.1, 0.15) is 5.75 Å². The van der Waals surface area contributed by atoms with Gasteiger partial charge in [0.25, 0.3) is 0 Å². The zero-order valence-electron chi connectivity index (χ0n) is 14.2. The summed E-state index contributed by atoms with van der Waals surface area (Å²) in [6.07, 6.45) is 1.93. The number of aromatic nitrogens is 3. The van der Waals surface area contributed by atoms with Crippen LogP contribution in [0.4, 0.5) is 0 Å². The maximum absolute atomic E-state index is 12.7. The van der Waals surface area contributed by atoms with E-state index in [1.807, 2.05) is 30.0 Å². The Kier molecular flexibility index (Phi) is 4.80. The maximum Gasteiger partial charge on any atom is 0.227 e. The number of methoxy groups -OCH3 is 2. The molecule has 0 aliphatic carbocycles. The first kappa shape index (κ1) is 16.4. The minimum atomic E-state index is -0.0709. The average molecular weight is 330 g/mol. The van der Waals surface area contributed by atoms with E-state index in [9.17, 15) is 4.79 Å². The summed E-state index contributed by atoms with van der Waals surface area (Å²) in [6, 6.07) is 5.87. The van der Waals surface area contributed by atoms with Crippen LogP contribution in [0, 0.1) is 6.92 Å². The molecule has 1 aliphatic rings. The van der Waals surface area contributed by atoms with E-state index in [1.165, 1.54) is 0 Å². The van der Waals surface area contributed by atoms with Crippen molar-refractivity contribution >= 4 is 5.91 Å². The van der Waals surface area contributed by atoms with E-state index in [4.69, 9.17) is 9.47 Å². The van der Waals surface area contributed by atoms with E-state index in [0.717, 1.165) is 22.6 Å². The third kappa shape index (κ3) is 3.26. The summed E-state index contributed by atoms with van der Waals surface area (Å²) < 4.78 is 10.9. The summed E-state index contributed by atoms with van der Waals surface area (Å²) in [6.45, 7) is 3.14. The van der Waals surface area contributed by atoms with Crippen LogP contribution in [-0.2, 0) is 16.0 Å². The van der Waals surface area contributed by atoms with E-state index in [2.05, 4.69) is 15.4 Å². The molecule has 3 rings (SSSR count). The number of nitrogens with one attached hydrogen (secondary N) is 1. The van der Waals surface area contributed by atoms with Gasteiger partial charge in [0.05, 0.1) is 37.4 Å². The molecule has 0 bridgehead atoms. The number of likely N-dealkylation sites (tertiary alicyclic amines) is 1. The highest BCUT2D eigenvalue weighted by molar-refractivity contribution is 5.80. The largest absolute Gasteiger partial charge is 0.496 e. The van der Waals surface area contributed by atoms with Crippen LogP contribution in [0.1, 0.15) is 22.7 Å². The molecule has 24 heavy (non-hydrogen) atoms. The molecule has 128 valence electrons. The molecule has 2 atom stereocenters. The average Bonchev–Trinajstić information content (AvgIpc) is 3.24. The van der Waals surface area contributed by atoms with Crippen molar-refractivity contribution in [3.05, 3.63) is 41.2 Å². The highest BCUT2D eigenvalue weighted by Crippen LogP contribution is 2.29. The monoisotopic (exact) mass is 330 g/mol. The molecule has 1 fully saturated rings. The number of carbonyl (C=O) groups excluding carboxylic acids is 1. The van der Waals surface area contributed by atoms with E-state index < -0.39 is 0 Å². The van der Waals surface area contributed by atoms with Crippen molar-refractivity contribution in [2.45, 2.75) is 25.4 Å². The Morgan fingerprint density at radius 3 is 2.88 bits per heavy atom. The fraction of sp³-hybridized carbons (Fsp3) is 0.471. The second-order valence-electron chi connectivity index (χ2n) is 6.07. The zero-order chi connectivity index (χ0) is 17.1. The van der Waals surface area contributed by atoms with Crippen molar-refractivity contribution in [2.75, 3.05) is 27.3 Å². The van der Waals surface area contributed by atoms with Crippen LogP contribution in [0.25, 0.3) is 0 Å². The summed E-state index contributed by atoms with van der Waals surface area (Å²) >= 11 is 0. The van der Waals surface area contributed by atoms with Crippen LogP contribution >= 0.6 is 0 Å². The first-order valence-electron chi connectivity index (χ1n) is 7.92. The number of benzene rings is 1. The number of aryl methyl sites for hydroxylation is 1. The van der Waals surface area contributed by atoms with Gasteiger partial charge in [-0.2, -0.15) is 15.4 Å². The smallest absolute Gasteiger partial charge is 0.227 e. The maximum atomic E-state index is 12.7. The number of nitrogens with zero attached hydrogens (tertiary/aromatic N) is 3. The normalized spacial score (nSPS) is 20.4. The second kappa shape index (κ2) is 7.00. The lowest BCUT2D eigenvalue weighted by Gasteiger charge is -2.17. The van der Waals surface area contributed by atoms with Gasteiger partial charge in [-0.15, -0.1) is 0 Å². The van der Waals surface area contributed by atoms with Crippen LogP contribution in [0.2, 0.25) is 0 Å². The quantitative estimate of drug-likeness (QED) is 0.894. The van der Waals surface area contributed by atoms with Gasteiger partial charge in [-0.3, -0.25) is 4.79 Å². The Bertz CT molecular complexity index is 702. The van der Waals surface area contributed by atoms with Crippen LogP contribution in [0.3, 0.4) is 0 Å². The summed E-state index contributed by atoms with van der Waals surface area (Å²) in [5.74, 6) is 0.841. The van der Waals surface area contributed by atoms with Crippen LogP contribution < -0.4 is 4.74 Å². The second-order valence-corrected chi connectivity index (χ2v) is 6.07. The fourth-order valence-electron chi connectivity index (χ4n) is 3.21. The van der Waals surface area contributed by atoms with Gasteiger partial charge < -0.3 is 14.4 Å². The van der Waals surface area contributed by atoms with Gasteiger partial charge >= 0.3 is 0 Å². The lowest BCUT2D eigenvalue weighted by molar-refractivity contribution is -0.129. The van der Waals surface area contributed by atoms with E-state index in [-0.39, 0.29) is 17.9 Å². The Morgan fingerprint density at radius 1 is 1.38 bits per heavy atom. The minimum absolute atomic E-state index is 0.0390. The molecule has 1 N–H and O–H groups in total. The van der Waals surface area contributed by atoms with Crippen molar-refractivity contribution < 1.29 is 14.3 Å². The van der Waals surface area contributed by atoms with Crippen molar-refractivity contribution in [3.8, 4) is 5.75 Å². The molecular formula is C17H22N4O3. The topological polar surface area (TPSA) is 80.3 Å². The molecule has 1 aromatic carbocycles. The Labute approximate surface area is 141 Å². The van der Waals surface area contributed by atoms with Gasteiger partial charge in [-0.25, -0.2) is 0 Å². The number of aromatic amines is 1. The van der Waals surface area contributed by atoms with Crippen molar-refractivity contribution in [1.29, 1.82) is 0 Å². The van der Waals surface area contributed by atoms with Crippen molar-refractivity contribution in [1.82, 2.24) is 20.3 Å². The highest BCUT2D eigenvalue weighted by atomic mass is 16.5. The number of H-pyrrole nitrogens is 1. The highest BCUT2D eigenvalue weighted by Gasteiger charge is 2.37. The summed E-state index contributed by atoms with van der Waals surface area (Å²) in [5.41, 5.74) is 2.84. The molecule has 7 nitrogen and oxygen atoms in total. The van der Waals surface area contributed by atoms with E-state index >= 15 is 0 Å². The Balaban J connectivity index is 1.73. The Hall–Kier alpha value is -2.41. The molecule has 0 unspecified atom stereocenters. The standard InChI is InChI=1S/C17H22N4O3/c1-11-4-5-15(23-2)12(6-11)7-17(22)21-9-13(16(10-21)24-3)14-8-18-20-19-14/h4-6,8,13,16H,7,9-10H2,1-3H3,(H,18,19,20)/t13-,16+/m0/s1. The third-order valence-corrected chi connectivity index (χ3v) is 4.51. The number of ether oxygens (including phenoxy) is 2. The minimum Gasteiger partial charge on any atom is -0.496 e. The van der Waals surface area contributed by atoms with Gasteiger partial charge in [0.2, 0.25) is 5.91 Å². The molecule has 0 spiro atoms. The van der Waals surface area contributed by atoms with Crippen LogP contribution in [-0.4, -0.2) is 59.6 Å². The molecule has 7 heteroatoms. The summed E-state index contributed by atoms with van der Waals surface area (Å²) in [4.78, 5) is 14.6. The molecule has 1 saturated heterocycles. The molecule has 2 aromatic rings. The van der Waals surface area contributed by atoms with E-state index in [0.29, 0.717) is 19.5 Å². The lowest BCUT2D eigenvalue weighted by atomic mass is 10.0. The van der Waals surface area contributed by atoms with Gasteiger partial charge in [-0.05, 0) is 13.0 Å². The third-order valence-electron chi connectivity index (χ3n) is 4.51. The molecule has 1 aliphatic heterocycles. The van der Waals surface area contributed by atoms with Gasteiger partial charge in [0.15, 0.2) is 0 Å². The molecule has 0 radical (unpaired) electrons. The fourth-order valence-corrected chi connectivity index (χ4v) is 3.21. The number of hydrogen-bond donors (Lipinski definition) is 1. The molecule has 1 amide bonds. The summed E-state index contributed by atoms with van der Waals surface area (Å²) in [7, 11) is 3.28. The number of amides is 1. The van der Waals surface area contributed by atoms with Gasteiger partial charge in [0, 0.05) is 25.8 Å². The lowest BCUT2D eigenvalue weighted by Crippen LogP contribution is -2.31. The van der Waals surface area contributed by atoms with Crippen LogP contribution in [0.15, 0.2) is 24.4 Å². The van der Waals surface area contributed by atoms with Crippen molar-refractivity contribution in [3.63, 3.8) is 0 Å². The number of hydrogen-bond acceptors (Lipinski definition) is 5. The number of rotatable bonds is 5. The molecular weight excluding hydrogens is 308 g/mol. The predicted octanol–water partition coefficient (Wildman–Crippen LogP) is 1.31. The zero-order valence-corrected chi connectivity index (χ0v) is 14.2. The van der Waals surface area contributed by atoms with Gasteiger partial charge in [-0.1, -0.05) is 17.7 Å². The molecule has 0 saturated carbocycles. The van der Waals surface area contributed by atoms with Crippen LogP contribution in [0.5, 0.6) is 5.75 Å². The molecule has 2 heterocycles. The number of carbonyl (C=O) groups is 1. The first-order chi connectivity index (χ1) is 11.6. The SMILES string of the molecule is COc1ccc(C)cc1CC(=O)N1C[C@@H](OC)[C@H](c2cn[nH]n2)C1. The van der Waals surface area contributed by atoms with Crippen molar-refractivity contribution in [2.24, 2.45) is 0 Å². The Morgan fingerprint density at radius 2 is 2.21 bits per heavy atom. The first-order valence-corrected chi connectivity index (χ1v) is 7.92. The molecule has 1 aromatic heterocycles.